The highest BCUT2D eigenvalue weighted by Crippen LogP contribution is 2.23. The first-order valence-electron chi connectivity index (χ1n) is 7.36. The molecule has 2 N–H and O–H groups in total. The molecule has 2 rings (SSSR count). The molecule has 0 aliphatic rings. The van der Waals surface area contributed by atoms with E-state index >= 15 is 0 Å². The number of carbonyl (C=O) groups excluding carboxylic acids is 1. The number of rotatable bonds is 6. The summed E-state index contributed by atoms with van der Waals surface area (Å²) in [6.45, 7) is 2.59. The smallest absolute Gasteiger partial charge is 0.272 e. The first-order chi connectivity index (χ1) is 11.7. The van der Waals surface area contributed by atoms with Crippen LogP contribution in [0.25, 0.3) is 0 Å². The SMILES string of the molecule is Cc1cc(NC(=O)C(C)(O)COc2cccc(Cl)c2)ccc1[N+](=O)[O-]. The number of ether oxygens (including phenoxy) is 1. The molecule has 132 valence electrons. The van der Waals surface area contributed by atoms with E-state index in [0.29, 0.717) is 22.0 Å². The maximum Gasteiger partial charge on any atom is 0.272 e. The van der Waals surface area contributed by atoms with E-state index in [2.05, 4.69) is 5.32 Å². The van der Waals surface area contributed by atoms with E-state index in [9.17, 15) is 20.0 Å². The maximum atomic E-state index is 12.3. The summed E-state index contributed by atoms with van der Waals surface area (Å²) in [4.78, 5) is 22.6. The monoisotopic (exact) mass is 364 g/mol. The first-order valence-corrected chi connectivity index (χ1v) is 7.74. The number of nitro benzene ring substituents is 1. The number of hydrogen-bond acceptors (Lipinski definition) is 5. The van der Waals surface area contributed by atoms with Crippen molar-refractivity contribution in [2.45, 2.75) is 19.4 Å². The lowest BCUT2D eigenvalue weighted by Gasteiger charge is -2.22. The predicted molar refractivity (Wildman–Crippen MR) is 94.0 cm³/mol. The number of benzene rings is 2. The fourth-order valence-electron chi connectivity index (χ4n) is 2.05. The van der Waals surface area contributed by atoms with Gasteiger partial charge in [0.05, 0.1) is 4.92 Å². The van der Waals surface area contributed by atoms with Crippen LogP contribution in [0.5, 0.6) is 5.75 Å². The Hall–Kier alpha value is -2.64. The van der Waals surface area contributed by atoms with Gasteiger partial charge in [-0.15, -0.1) is 0 Å². The first kappa shape index (κ1) is 18.7. The molecule has 25 heavy (non-hydrogen) atoms. The lowest BCUT2D eigenvalue weighted by Crippen LogP contribution is -2.45. The van der Waals surface area contributed by atoms with Crippen LogP contribution < -0.4 is 10.1 Å². The fraction of sp³-hybridized carbons (Fsp3) is 0.235. The Labute approximate surface area is 149 Å². The second kappa shape index (κ2) is 7.50. The second-order valence-corrected chi connectivity index (χ2v) is 6.17. The molecular weight excluding hydrogens is 348 g/mol. The Morgan fingerprint density at radius 3 is 2.68 bits per heavy atom. The number of nitro groups is 1. The number of nitrogens with zero attached hydrogens (tertiary/aromatic N) is 1. The van der Waals surface area contributed by atoms with E-state index in [1.54, 1.807) is 31.2 Å². The van der Waals surface area contributed by atoms with E-state index in [0.717, 1.165) is 0 Å². The van der Waals surface area contributed by atoms with Crippen molar-refractivity contribution >= 4 is 28.9 Å². The van der Waals surface area contributed by atoms with Crippen molar-refractivity contribution in [3.63, 3.8) is 0 Å². The van der Waals surface area contributed by atoms with Crippen molar-refractivity contribution in [2.75, 3.05) is 11.9 Å². The van der Waals surface area contributed by atoms with Crippen LogP contribution in [0.15, 0.2) is 42.5 Å². The molecule has 7 nitrogen and oxygen atoms in total. The molecule has 0 aliphatic heterocycles. The van der Waals surface area contributed by atoms with Gasteiger partial charge in [0.1, 0.15) is 12.4 Å². The van der Waals surface area contributed by atoms with Gasteiger partial charge in [-0.3, -0.25) is 14.9 Å². The molecule has 2 aromatic carbocycles. The van der Waals surface area contributed by atoms with Gasteiger partial charge in [0, 0.05) is 22.3 Å². The lowest BCUT2D eigenvalue weighted by molar-refractivity contribution is -0.385. The molecule has 8 heteroatoms. The van der Waals surface area contributed by atoms with Crippen molar-refractivity contribution in [3.8, 4) is 5.75 Å². The quantitative estimate of drug-likeness (QED) is 0.604. The van der Waals surface area contributed by atoms with Gasteiger partial charge in [-0.25, -0.2) is 0 Å². The topological polar surface area (TPSA) is 102 Å². The van der Waals surface area contributed by atoms with E-state index in [-0.39, 0.29) is 12.3 Å². The van der Waals surface area contributed by atoms with Crippen LogP contribution in [0.1, 0.15) is 12.5 Å². The number of hydrogen-bond donors (Lipinski definition) is 2. The summed E-state index contributed by atoms with van der Waals surface area (Å²) in [5.41, 5.74) is -1.11. The van der Waals surface area contributed by atoms with Gasteiger partial charge in [-0.1, -0.05) is 17.7 Å². The van der Waals surface area contributed by atoms with Crippen LogP contribution in [0.2, 0.25) is 5.02 Å². The molecule has 0 saturated heterocycles. The minimum Gasteiger partial charge on any atom is -0.490 e. The number of carbonyl (C=O) groups is 1. The molecule has 0 bridgehead atoms. The summed E-state index contributed by atoms with van der Waals surface area (Å²) >= 11 is 5.84. The Morgan fingerprint density at radius 1 is 1.36 bits per heavy atom. The van der Waals surface area contributed by atoms with E-state index in [1.165, 1.54) is 25.1 Å². The van der Waals surface area contributed by atoms with Crippen LogP contribution in [0.3, 0.4) is 0 Å². The molecule has 0 aromatic heterocycles. The van der Waals surface area contributed by atoms with Crippen molar-refractivity contribution in [1.29, 1.82) is 0 Å². The van der Waals surface area contributed by atoms with Gasteiger partial charge in [-0.2, -0.15) is 0 Å². The molecule has 0 spiro atoms. The molecule has 1 unspecified atom stereocenters. The highest BCUT2D eigenvalue weighted by molar-refractivity contribution is 6.30. The fourth-order valence-corrected chi connectivity index (χ4v) is 2.23. The zero-order valence-electron chi connectivity index (χ0n) is 13.7. The lowest BCUT2D eigenvalue weighted by atomic mass is 10.1. The minimum atomic E-state index is -1.81. The number of aliphatic hydroxyl groups is 1. The molecular formula is C17H17ClN2O5. The maximum absolute atomic E-state index is 12.3. The number of nitrogens with one attached hydrogen (secondary N) is 1. The van der Waals surface area contributed by atoms with Crippen LogP contribution >= 0.6 is 11.6 Å². The summed E-state index contributed by atoms with van der Waals surface area (Å²) < 4.78 is 5.40. The van der Waals surface area contributed by atoms with E-state index < -0.39 is 16.4 Å². The third-order valence-electron chi connectivity index (χ3n) is 3.46. The molecule has 1 amide bonds. The highest BCUT2D eigenvalue weighted by atomic mass is 35.5. The summed E-state index contributed by atoms with van der Waals surface area (Å²) in [6.07, 6.45) is 0. The molecule has 0 heterocycles. The number of anilines is 1. The number of aryl methyl sites for hydroxylation is 1. The summed E-state index contributed by atoms with van der Waals surface area (Å²) in [7, 11) is 0. The molecule has 0 aliphatic carbocycles. The summed E-state index contributed by atoms with van der Waals surface area (Å²) in [5, 5.41) is 24.1. The zero-order valence-corrected chi connectivity index (χ0v) is 14.4. The molecule has 0 fully saturated rings. The number of amides is 1. The van der Waals surface area contributed by atoms with Crippen molar-refractivity contribution in [1.82, 2.24) is 0 Å². The average molecular weight is 365 g/mol. The van der Waals surface area contributed by atoms with Crippen molar-refractivity contribution < 1.29 is 19.6 Å². The third-order valence-corrected chi connectivity index (χ3v) is 3.69. The second-order valence-electron chi connectivity index (χ2n) is 5.73. The van der Waals surface area contributed by atoms with Gasteiger partial charge >= 0.3 is 0 Å². The average Bonchev–Trinajstić information content (AvgIpc) is 2.53. The standard InChI is InChI=1S/C17H17ClN2O5/c1-11-8-13(6-7-15(11)20(23)24)19-16(21)17(2,22)10-25-14-5-3-4-12(18)9-14/h3-9,22H,10H2,1-2H3,(H,19,21). The Balaban J connectivity index is 2.03. The molecule has 0 saturated carbocycles. The highest BCUT2D eigenvalue weighted by Gasteiger charge is 2.31. The van der Waals surface area contributed by atoms with Gasteiger partial charge in [-0.05, 0) is 44.2 Å². The van der Waals surface area contributed by atoms with Gasteiger partial charge < -0.3 is 15.2 Å². The predicted octanol–water partition coefficient (Wildman–Crippen LogP) is 3.33. The Bertz CT molecular complexity index is 807. The van der Waals surface area contributed by atoms with Crippen molar-refractivity contribution in [2.24, 2.45) is 0 Å². The van der Waals surface area contributed by atoms with Crippen LogP contribution in [-0.2, 0) is 4.79 Å². The molecule has 0 radical (unpaired) electrons. The molecule has 1 atom stereocenters. The van der Waals surface area contributed by atoms with Crippen LogP contribution in [0, 0.1) is 17.0 Å². The molecule has 2 aromatic rings. The largest absolute Gasteiger partial charge is 0.490 e. The van der Waals surface area contributed by atoms with E-state index in [1.807, 2.05) is 0 Å². The Kier molecular flexibility index (Phi) is 5.61. The van der Waals surface area contributed by atoms with E-state index in [4.69, 9.17) is 16.3 Å². The van der Waals surface area contributed by atoms with Crippen LogP contribution in [-0.4, -0.2) is 28.1 Å². The third kappa shape index (κ3) is 4.91. The minimum absolute atomic E-state index is 0.0472. The van der Waals surface area contributed by atoms with Gasteiger partial charge in [0.15, 0.2) is 5.60 Å². The summed E-state index contributed by atoms with van der Waals surface area (Å²) in [5.74, 6) is -0.269. The zero-order chi connectivity index (χ0) is 18.6. The van der Waals surface area contributed by atoms with Crippen molar-refractivity contribution in [3.05, 3.63) is 63.2 Å². The Morgan fingerprint density at radius 2 is 2.08 bits per heavy atom. The van der Waals surface area contributed by atoms with Gasteiger partial charge in [0.2, 0.25) is 0 Å². The van der Waals surface area contributed by atoms with Crippen LogP contribution in [0.4, 0.5) is 11.4 Å². The normalized spacial score (nSPS) is 13.0. The van der Waals surface area contributed by atoms with Gasteiger partial charge in [0.25, 0.3) is 11.6 Å². The summed E-state index contributed by atoms with van der Waals surface area (Å²) in [6, 6.07) is 10.7. The number of halogens is 1.